The van der Waals surface area contributed by atoms with Crippen LogP contribution < -0.4 is 15.0 Å². The molecule has 0 unspecified atom stereocenters. The van der Waals surface area contributed by atoms with E-state index in [2.05, 4.69) is 10.1 Å². The van der Waals surface area contributed by atoms with Gasteiger partial charge >= 0.3 is 5.97 Å². The molecule has 172 valence electrons. The number of esters is 1. The summed E-state index contributed by atoms with van der Waals surface area (Å²) in [5.74, 6) is 0.575. The van der Waals surface area contributed by atoms with E-state index in [0.29, 0.717) is 33.8 Å². The third-order valence-electron chi connectivity index (χ3n) is 5.16. The van der Waals surface area contributed by atoms with Gasteiger partial charge in [0.2, 0.25) is 0 Å². The van der Waals surface area contributed by atoms with Crippen molar-refractivity contribution < 1.29 is 19.0 Å². The van der Waals surface area contributed by atoms with Gasteiger partial charge in [0.15, 0.2) is 23.4 Å². The van der Waals surface area contributed by atoms with Crippen LogP contribution in [0.3, 0.4) is 0 Å². The van der Waals surface area contributed by atoms with Crippen LogP contribution in [0.5, 0.6) is 11.5 Å². The molecule has 3 aromatic carbocycles. The van der Waals surface area contributed by atoms with Gasteiger partial charge in [-0.2, -0.15) is 9.78 Å². The van der Waals surface area contributed by atoms with Crippen molar-refractivity contribution in [2.75, 3.05) is 14.2 Å². The number of rotatable bonds is 7. The van der Waals surface area contributed by atoms with Crippen LogP contribution in [0.2, 0.25) is 0 Å². The van der Waals surface area contributed by atoms with E-state index in [1.807, 2.05) is 36.4 Å². The number of methoxy groups -OCH3 is 2. The lowest BCUT2D eigenvalue weighted by Gasteiger charge is -2.17. The standard InChI is InChI=1S/C26H23N3O5/c1-17(26(31)33-3)34-23-19(12-9-15-22(23)32-2)16-27-29-24(18-10-5-4-6-11-18)28-21-14-8-7-13-20(21)25(29)30/h4-17H,1-3H3/t17-/m0/s1. The van der Waals surface area contributed by atoms with Crippen LogP contribution in [0.15, 0.2) is 82.7 Å². The second-order valence-electron chi connectivity index (χ2n) is 7.34. The minimum Gasteiger partial charge on any atom is -0.493 e. The lowest BCUT2D eigenvalue weighted by atomic mass is 10.2. The van der Waals surface area contributed by atoms with Gasteiger partial charge < -0.3 is 14.2 Å². The zero-order valence-electron chi connectivity index (χ0n) is 19.0. The van der Waals surface area contributed by atoms with Crippen molar-refractivity contribution in [2.24, 2.45) is 5.10 Å². The Labute approximate surface area is 196 Å². The van der Waals surface area contributed by atoms with Crippen molar-refractivity contribution in [2.45, 2.75) is 13.0 Å². The first-order valence-corrected chi connectivity index (χ1v) is 10.6. The topological polar surface area (TPSA) is 92.0 Å². The summed E-state index contributed by atoms with van der Waals surface area (Å²) in [6, 6.07) is 21.7. The second-order valence-corrected chi connectivity index (χ2v) is 7.34. The van der Waals surface area contributed by atoms with Crippen molar-refractivity contribution in [3.05, 3.63) is 88.7 Å². The molecule has 1 heterocycles. The average Bonchev–Trinajstić information content (AvgIpc) is 2.88. The zero-order chi connectivity index (χ0) is 24.1. The number of fused-ring (bicyclic) bond motifs is 1. The first-order chi connectivity index (χ1) is 16.5. The van der Waals surface area contributed by atoms with Crippen LogP contribution in [0, 0.1) is 0 Å². The predicted octanol–water partition coefficient (Wildman–Crippen LogP) is 3.89. The molecule has 0 radical (unpaired) electrons. The zero-order valence-corrected chi connectivity index (χ0v) is 19.0. The van der Waals surface area contributed by atoms with Gasteiger partial charge in [0, 0.05) is 11.1 Å². The number of carbonyl (C=O) groups excluding carboxylic acids is 1. The monoisotopic (exact) mass is 457 g/mol. The summed E-state index contributed by atoms with van der Waals surface area (Å²) >= 11 is 0. The van der Waals surface area contributed by atoms with Gasteiger partial charge in [-0.05, 0) is 31.2 Å². The molecule has 0 aliphatic carbocycles. The fourth-order valence-electron chi connectivity index (χ4n) is 3.44. The largest absolute Gasteiger partial charge is 0.493 e. The van der Waals surface area contributed by atoms with E-state index in [0.717, 1.165) is 5.56 Å². The fraction of sp³-hybridized carbons (Fsp3) is 0.154. The van der Waals surface area contributed by atoms with Gasteiger partial charge in [0.25, 0.3) is 5.56 Å². The first kappa shape index (κ1) is 22.7. The van der Waals surface area contributed by atoms with Crippen LogP contribution in [0.4, 0.5) is 0 Å². The van der Waals surface area contributed by atoms with E-state index in [-0.39, 0.29) is 5.56 Å². The van der Waals surface area contributed by atoms with Crippen LogP contribution in [-0.2, 0) is 9.53 Å². The highest BCUT2D eigenvalue weighted by atomic mass is 16.6. The Bertz CT molecular complexity index is 1410. The molecule has 4 aromatic rings. The molecule has 34 heavy (non-hydrogen) atoms. The maximum absolute atomic E-state index is 13.3. The maximum Gasteiger partial charge on any atom is 0.346 e. The number of nitrogens with zero attached hydrogens (tertiary/aromatic N) is 3. The van der Waals surface area contributed by atoms with Crippen molar-refractivity contribution in [3.8, 4) is 22.9 Å². The molecule has 8 heteroatoms. The number of hydrogen-bond donors (Lipinski definition) is 0. The normalized spacial score (nSPS) is 12.0. The summed E-state index contributed by atoms with van der Waals surface area (Å²) in [5.41, 5.74) is 1.52. The summed E-state index contributed by atoms with van der Waals surface area (Å²) in [6.07, 6.45) is 0.602. The van der Waals surface area contributed by atoms with E-state index >= 15 is 0 Å². The molecule has 0 amide bonds. The second kappa shape index (κ2) is 9.99. The van der Waals surface area contributed by atoms with Crippen molar-refractivity contribution in [1.29, 1.82) is 0 Å². The molecule has 0 fully saturated rings. The Morgan fingerprint density at radius 3 is 2.47 bits per heavy atom. The highest BCUT2D eigenvalue weighted by Crippen LogP contribution is 2.31. The summed E-state index contributed by atoms with van der Waals surface area (Å²) in [7, 11) is 2.79. The molecular formula is C26H23N3O5. The Morgan fingerprint density at radius 1 is 1.00 bits per heavy atom. The molecule has 0 saturated carbocycles. The van der Waals surface area contributed by atoms with Crippen LogP contribution in [0.25, 0.3) is 22.3 Å². The number of ether oxygens (including phenoxy) is 3. The minimum absolute atomic E-state index is 0.301. The number of para-hydroxylation sites is 2. The van der Waals surface area contributed by atoms with E-state index in [4.69, 9.17) is 14.2 Å². The Balaban J connectivity index is 1.86. The molecule has 4 rings (SSSR count). The highest BCUT2D eigenvalue weighted by molar-refractivity contribution is 5.86. The van der Waals surface area contributed by atoms with Gasteiger partial charge in [0.05, 0.1) is 31.3 Å². The molecule has 0 aliphatic rings. The van der Waals surface area contributed by atoms with Gasteiger partial charge in [-0.1, -0.05) is 48.5 Å². The third kappa shape index (κ3) is 4.52. The van der Waals surface area contributed by atoms with Gasteiger partial charge in [-0.3, -0.25) is 4.79 Å². The smallest absolute Gasteiger partial charge is 0.346 e. The van der Waals surface area contributed by atoms with Crippen molar-refractivity contribution in [3.63, 3.8) is 0 Å². The van der Waals surface area contributed by atoms with Gasteiger partial charge in [-0.15, -0.1) is 0 Å². The van der Waals surface area contributed by atoms with Crippen LogP contribution >= 0.6 is 0 Å². The summed E-state index contributed by atoms with van der Waals surface area (Å²) in [6.45, 7) is 1.57. The van der Waals surface area contributed by atoms with E-state index < -0.39 is 12.1 Å². The molecule has 0 aliphatic heterocycles. The molecule has 0 saturated heterocycles. The lowest BCUT2D eigenvalue weighted by molar-refractivity contribution is -0.147. The van der Waals surface area contributed by atoms with Crippen LogP contribution in [-0.4, -0.2) is 42.2 Å². The van der Waals surface area contributed by atoms with Gasteiger partial charge in [0.1, 0.15) is 0 Å². The molecule has 1 atom stereocenters. The first-order valence-electron chi connectivity index (χ1n) is 10.6. The number of carbonyl (C=O) groups is 1. The fourth-order valence-corrected chi connectivity index (χ4v) is 3.44. The Morgan fingerprint density at radius 2 is 1.74 bits per heavy atom. The lowest BCUT2D eigenvalue weighted by Crippen LogP contribution is -2.25. The minimum atomic E-state index is -0.876. The van der Waals surface area contributed by atoms with Crippen LogP contribution in [0.1, 0.15) is 12.5 Å². The predicted molar refractivity (Wildman–Crippen MR) is 130 cm³/mol. The van der Waals surface area contributed by atoms with E-state index in [1.54, 1.807) is 43.3 Å². The summed E-state index contributed by atoms with van der Waals surface area (Å²) < 4.78 is 17.2. The Hall–Kier alpha value is -4.46. The Kier molecular flexibility index (Phi) is 6.68. The maximum atomic E-state index is 13.3. The molecular weight excluding hydrogens is 434 g/mol. The highest BCUT2D eigenvalue weighted by Gasteiger charge is 2.20. The molecule has 0 spiro atoms. The third-order valence-corrected chi connectivity index (χ3v) is 5.16. The summed E-state index contributed by atoms with van der Waals surface area (Å²) in [4.78, 5) is 29.9. The number of hydrogen-bond acceptors (Lipinski definition) is 7. The average molecular weight is 457 g/mol. The quantitative estimate of drug-likeness (QED) is 0.309. The number of aromatic nitrogens is 2. The summed E-state index contributed by atoms with van der Waals surface area (Å²) in [5, 5.41) is 4.92. The van der Waals surface area contributed by atoms with Crippen molar-refractivity contribution >= 4 is 23.1 Å². The van der Waals surface area contributed by atoms with Crippen molar-refractivity contribution in [1.82, 2.24) is 9.66 Å². The van der Waals surface area contributed by atoms with Gasteiger partial charge in [-0.25, -0.2) is 9.78 Å². The molecule has 0 N–H and O–H groups in total. The molecule has 8 nitrogen and oxygen atoms in total. The SMILES string of the molecule is COC(=O)[C@H](C)Oc1c(C=Nn2c(-c3ccccc3)nc3ccccc3c2=O)cccc1OC. The number of benzene rings is 3. The molecule has 0 bridgehead atoms. The van der Waals surface area contributed by atoms with E-state index in [9.17, 15) is 9.59 Å². The molecule has 1 aromatic heterocycles. The van der Waals surface area contributed by atoms with E-state index in [1.165, 1.54) is 25.1 Å².